The number of halogens is 3. The topological polar surface area (TPSA) is 35.2 Å². The quantitative estimate of drug-likeness (QED) is 0.632. The van der Waals surface area contributed by atoms with Crippen LogP contribution in [-0.2, 0) is 0 Å². The average Bonchev–Trinajstić information content (AvgIpc) is 2.25. The zero-order chi connectivity index (χ0) is 12.4. The van der Waals surface area contributed by atoms with Gasteiger partial charge in [-0.3, -0.25) is 0 Å². The van der Waals surface area contributed by atoms with Gasteiger partial charge >= 0.3 is 0 Å². The third kappa shape index (κ3) is 3.01. The standard InChI is InChI=1S/C12H8ClFINO/c13-9-5-7(14)1-3-11(9)17-12-4-2-8(16)6-10(12)15/h1-6H,16H2. The minimum absolute atomic E-state index is 0.234. The highest BCUT2D eigenvalue weighted by Crippen LogP contribution is 2.32. The van der Waals surface area contributed by atoms with Crippen LogP contribution < -0.4 is 10.5 Å². The minimum Gasteiger partial charge on any atom is -0.455 e. The van der Waals surface area contributed by atoms with Crippen molar-refractivity contribution >= 4 is 39.9 Å². The molecule has 0 atom stereocenters. The normalized spacial score (nSPS) is 10.3. The zero-order valence-corrected chi connectivity index (χ0v) is 11.5. The fourth-order valence-corrected chi connectivity index (χ4v) is 2.13. The first-order chi connectivity index (χ1) is 8.06. The highest BCUT2D eigenvalue weighted by molar-refractivity contribution is 14.1. The second kappa shape index (κ2) is 5.10. The van der Waals surface area contributed by atoms with E-state index < -0.39 is 5.82 Å². The molecule has 0 aliphatic carbocycles. The SMILES string of the molecule is Nc1ccc(Oc2ccc(F)cc2Cl)c(I)c1. The van der Waals surface area contributed by atoms with Crippen LogP contribution in [0, 0.1) is 9.39 Å². The molecule has 0 fully saturated rings. The minimum atomic E-state index is -0.394. The summed E-state index contributed by atoms with van der Waals surface area (Å²) >= 11 is 7.98. The molecule has 2 N–H and O–H groups in total. The summed E-state index contributed by atoms with van der Waals surface area (Å²) in [4.78, 5) is 0. The van der Waals surface area contributed by atoms with Gasteiger partial charge < -0.3 is 10.5 Å². The van der Waals surface area contributed by atoms with Gasteiger partial charge in [-0.1, -0.05) is 11.6 Å². The van der Waals surface area contributed by atoms with Crippen molar-refractivity contribution in [2.24, 2.45) is 0 Å². The van der Waals surface area contributed by atoms with Crippen LogP contribution in [0.4, 0.5) is 10.1 Å². The molecule has 0 heterocycles. The summed E-state index contributed by atoms with van der Waals surface area (Å²) < 4.78 is 19.3. The molecule has 0 aliphatic rings. The third-order valence-electron chi connectivity index (χ3n) is 2.07. The van der Waals surface area contributed by atoms with E-state index in [0.29, 0.717) is 17.2 Å². The molecule has 0 radical (unpaired) electrons. The molecule has 0 spiro atoms. The number of rotatable bonds is 2. The first kappa shape index (κ1) is 12.4. The van der Waals surface area contributed by atoms with E-state index in [1.54, 1.807) is 18.2 Å². The summed E-state index contributed by atoms with van der Waals surface area (Å²) in [5.41, 5.74) is 6.29. The van der Waals surface area contributed by atoms with E-state index in [-0.39, 0.29) is 5.02 Å². The van der Waals surface area contributed by atoms with Gasteiger partial charge in [0.05, 0.1) is 8.59 Å². The van der Waals surface area contributed by atoms with Crippen LogP contribution in [0.25, 0.3) is 0 Å². The fourth-order valence-electron chi connectivity index (χ4n) is 1.28. The number of nitrogens with two attached hydrogens (primary N) is 1. The summed E-state index contributed by atoms with van der Waals surface area (Å²) in [6, 6.07) is 9.26. The van der Waals surface area contributed by atoms with Gasteiger partial charge in [-0.15, -0.1) is 0 Å². The molecule has 0 bridgehead atoms. The van der Waals surface area contributed by atoms with Crippen molar-refractivity contribution in [3.8, 4) is 11.5 Å². The first-order valence-electron chi connectivity index (χ1n) is 4.74. The van der Waals surface area contributed by atoms with Gasteiger partial charge in [-0.25, -0.2) is 4.39 Å². The summed E-state index contributed by atoms with van der Waals surface area (Å²) in [6.45, 7) is 0. The maximum atomic E-state index is 12.9. The molecule has 2 nitrogen and oxygen atoms in total. The summed E-state index contributed by atoms with van der Waals surface area (Å²) in [6.07, 6.45) is 0. The molecule has 0 saturated carbocycles. The van der Waals surface area contributed by atoms with Crippen molar-refractivity contribution in [2.45, 2.75) is 0 Å². The molecule has 0 aromatic heterocycles. The molecular weight excluding hydrogens is 355 g/mol. The molecule has 0 unspecified atom stereocenters. The number of ether oxygens (including phenoxy) is 1. The molecule has 0 amide bonds. The van der Waals surface area contributed by atoms with E-state index >= 15 is 0 Å². The second-order valence-electron chi connectivity index (χ2n) is 3.37. The predicted molar refractivity (Wildman–Crippen MR) is 75.1 cm³/mol. The van der Waals surface area contributed by atoms with Gasteiger partial charge in [0, 0.05) is 5.69 Å². The first-order valence-corrected chi connectivity index (χ1v) is 6.20. The third-order valence-corrected chi connectivity index (χ3v) is 3.21. The molecule has 0 aliphatic heterocycles. The number of anilines is 1. The lowest BCUT2D eigenvalue weighted by molar-refractivity contribution is 0.477. The van der Waals surface area contributed by atoms with Gasteiger partial charge in [0.15, 0.2) is 0 Å². The van der Waals surface area contributed by atoms with E-state index in [1.165, 1.54) is 18.2 Å². The van der Waals surface area contributed by atoms with Crippen LogP contribution in [-0.4, -0.2) is 0 Å². The molecule has 5 heteroatoms. The molecule has 0 saturated heterocycles. The summed E-state index contributed by atoms with van der Waals surface area (Å²) in [7, 11) is 0. The zero-order valence-electron chi connectivity index (χ0n) is 8.58. The smallest absolute Gasteiger partial charge is 0.146 e. The number of hydrogen-bond acceptors (Lipinski definition) is 2. The van der Waals surface area contributed by atoms with Crippen molar-refractivity contribution in [1.82, 2.24) is 0 Å². The van der Waals surface area contributed by atoms with E-state index in [2.05, 4.69) is 22.6 Å². The molecule has 17 heavy (non-hydrogen) atoms. The van der Waals surface area contributed by atoms with Crippen molar-refractivity contribution in [3.63, 3.8) is 0 Å². The summed E-state index contributed by atoms with van der Waals surface area (Å²) in [5.74, 6) is 0.651. The van der Waals surface area contributed by atoms with Gasteiger partial charge in [-0.05, 0) is 59.0 Å². The van der Waals surface area contributed by atoms with Crippen LogP contribution >= 0.6 is 34.2 Å². The predicted octanol–water partition coefficient (Wildman–Crippen LogP) is 4.46. The number of nitrogen functional groups attached to an aromatic ring is 1. The van der Waals surface area contributed by atoms with E-state index in [1.807, 2.05) is 0 Å². The molecule has 2 rings (SSSR count). The highest BCUT2D eigenvalue weighted by atomic mass is 127. The van der Waals surface area contributed by atoms with Crippen LogP contribution in [0.15, 0.2) is 36.4 Å². The van der Waals surface area contributed by atoms with Gasteiger partial charge in [-0.2, -0.15) is 0 Å². The Morgan fingerprint density at radius 1 is 1.12 bits per heavy atom. The molecule has 88 valence electrons. The van der Waals surface area contributed by atoms with Gasteiger partial charge in [0.25, 0.3) is 0 Å². The lowest BCUT2D eigenvalue weighted by Gasteiger charge is -2.09. The van der Waals surface area contributed by atoms with Crippen molar-refractivity contribution < 1.29 is 9.13 Å². The van der Waals surface area contributed by atoms with Crippen molar-refractivity contribution in [1.29, 1.82) is 0 Å². The Kier molecular flexibility index (Phi) is 3.73. The molecule has 2 aromatic rings. The monoisotopic (exact) mass is 363 g/mol. The van der Waals surface area contributed by atoms with Crippen LogP contribution in [0.3, 0.4) is 0 Å². The Balaban J connectivity index is 2.31. The maximum absolute atomic E-state index is 12.9. The highest BCUT2D eigenvalue weighted by Gasteiger charge is 2.07. The Bertz CT molecular complexity index is 513. The van der Waals surface area contributed by atoms with E-state index in [4.69, 9.17) is 22.1 Å². The summed E-state index contributed by atoms with van der Waals surface area (Å²) in [5, 5.41) is 0.234. The van der Waals surface area contributed by atoms with Gasteiger partial charge in [0.1, 0.15) is 17.3 Å². The lowest BCUT2D eigenvalue weighted by atomic mass is 10.3. The van der Waals surface area contributed by atoms with E-state index in [0.717, 1.165) is 3.57 Å². The van der Waals surface area contributed by atoms with E-state index in [9.17, 15) is 4.39 Å². The largest absolute Gasteiger partial charge is 0.455 e. The van der Waals surface area contributed by atoms with Gasteiger partial charge in [0.2, 0.25) is 0 Å². The molecular formula is C12H8ClFINO. The van der Waals surface area contributed by atoms with Crippen LogP contribution in [0.1, 0.15) is 0 Å². The fraction of sp³-hybridized carbons (Fsp3) is 0. The average molecular weight is 364 g/mol. The Morgan fingerprint density at radius 2 is 1.82 bits per heavy atom. The number of benzene rings is 2. The lowest BCUT2D eigenvalue weighted by Crippen LogP contribution is -1.91. The second-order valence-corrected chi connectivity index (χ2v) is 4.94. The molecule has 2 aromatic carbocycles. The Labute approximate surface area is 117 Å². The maximum Gasteiger partial charge on any atom is 0.146 e. The van der Waals surface area contributed by atoms with Crippen molar-refractivity contribution in [3.05, 3.63) is 50.8 Å². The van der Waals surface area contributed by atoms with Crippen LogP contribution in [0.5, 0.6) is 11.5 Å². The van der Waals surface area contributed by atoms with Crippen LogP contribution in [0.2, 0.25) is 5.02 Å². The Morgan fingerprint density at radius 3 is 2.47 bits per heavy atom. The Hall–Kier alpha value is -1.01. The number of hydrogen-bond donors (Lipinski definition) is 1. The van der Waals surface area contributed by atoms with Crippen molar-refractivity contribution in [2.75, 3.05) is 5.73 Å².